The molecule has 3 aliphatic heterocycles. The molecule has 0 bridgehead atoms. The summed E-state index contributed by atoms with van der Waals surface area (Å²) in [6.07, 6.45) is 7.97. The van der Waals surface area contributed by atoms with Gasteiger partial charge in [-0.05, 0) is 76.3 Å². The Morgan fingerprint density at radius 2 is 1.59 bits per heavy atom. The van der Waals surface area contributed by atoms with Crippen molar-refractivity contribution in [1.29, 1.82) is 0 Å². The van der Waals surface area contributed by atoms with E-state index in [1.165, 1.54) is 6.08 Å². The van der Waals surface area contributed by atoms with Gasteiger partial charge in [0.2, 0.25) is 0 Å². The van der Waals surface area contributed by atoms with Crippen molar-refractivity contribution in [3.05, 3.63) is 58.9 Å². The summed E-state index contributed by atoms with van der Waals surface area (Å²) in [4.78, 5) is 55.6. The van der Waals surface area contributed by atoms with E-state index in [-0.39, 0.29) is 42.5 Å². The third kappa shape index (κ3) is 8.50. The van der Waals surface area contributed by atoms with E-state index in [0.717, 1.165) is 38.7 Å². The zero-order valence-corrected chi connectivity index (χ0v) is 30.1. The number of allylic oxidation sites excluding steroid dienone is 6. The van der Waals surface area contributed by atoms with E-state index < -0.39 is 39.7 Å². The molecule has 49 heavy (non-hydrogen) atoms. The number of rotatable bonds is 12. The minimum absolute atomic E-state index is 0.0527. The first-order valence-electron chi connectivity index (χ1n) is 16.6. The monoisotopic (exact) mass is 697 g/mol. The average Bonchev–Trinajstić information content (AvgIpc) is 2.97. The van der Waals surface area contributed by atoms with Gasteiger partial charge in [-0.3, -0.25) is 28.7 Å². The van der Waals surface area contributed by atoms with Gasteiger partial charge in [0.05, 0.1) is 11.3 Å². The van der Waals surface area contributed by atoms with Crippen LogP contribution >= 0.6 is 0 Å². The van der Waals surface area contributed by atoms with Crippen LogP contribution in [0, 0.1) is 5.41 Å². The maximum absolute atomic E-state index is 13.7. The summed E-state index contributed by atoms with van der Waals surface area (Å²) in [7, 11) is -4.35. The number of likely N-dealkylation sites (N-methyl/N-ethyl adjacent to an activating group) is 1. The normalized spacial score (nSPS) is 19.5. The first kappa shape index (κ1) is 37.6. The first-order valence-corrected chi connectivity index (χ1v) is 18.2. The Kier molecular flexibility index (Phi) is 11.0. The number of imide groups is 2. The van der Waals surface area contributed by atoms with Crippen LogP contribution < -0.4 is 9.64 Å². The molecule has 1 aromatic rings. The Hall–Kier alpha value is -4.23. The second-order valence-corrected chi connectivity index (χ2v) is 15.8. The summed E-state index contributed by atoms with van der Waals surface area (Å²) < 4.78 is 38.4. The molecular weight excluding hydrogens is 650 g/mol. The number of anilines is 1. The Bertz CT molecular complexity index is 1780. The predicted octanol–water partition coefficient (Wildman–Crippen LogP) is 6.05. The number of benzene rings is 1. The van der Waals surface area contributed by atoms with E-state index in [1.54, 1.807) is 6.08 Å². The molecule has 1 fully saturated rings. The van der Waals surface area contributed by atoms with Gasteiger partial charge in [-0.25, -0.2) is 4.79 Å². The summed E-state index contributed by atoms with van der Waals surface area (Å²) in [5, 5.41) is 8.93. The Morgan fingerprint density at radius 3 is 2.16 bits per heavy atom. The van der Waals surface area contributed by atoms with Crippen molar-refractivity contribution < 1.29 is 42.0 Å². The zero-order chi connectivity index (χ0) is 36.5. The highest BCUT2D eigenvalue weighted by molar-refractivity contribution is 7.85. The maximum atomic E-state index is 13.7. The van der Waals surface area contributed by atoms with Crippen molar-refractivity contribution in [3.63, 3.8) is 0 Å². The van der Waals surface area contributed by atoms with Gasteiger partial charge in [-0.2, -0.15) is 8.42 Å². The van der Waals surface area contributed by atoms with Crippen LogP contribution in [0.5, 0.6) is 5.75 Å². The molecule has 0 atom stereocenters. The highest BCUT2D eigenvalue weighted by Gasteiger charge is 2.41. The lowest BCUT2D eigenvalue weighted by atomic mass is 9.84. The van der Waals surface area contributed by atoms with Gasteiger partial charge in [0.25, 0.3) is 21.9 Å². The standard InChI is InChI=1S/C36H47N3O9S/c1-8-39-28-21-29-27(20-26(28)23(2)22-36(39,6)7)24(19-30(48-29)35(3,4)5)14-15-25-32(42)37(16-11-9-10-13-31(40)41)34(44)38(33(25)43)17-12-18-49(45,46)47/h14-15,19-22H,8-13,16-18H2,1-7H3,(H,40,41)(H,45,46,47)/b24-14+,25-15+. The Labute approximate surface area is 288 Å². The number of ether oxygens (including phenoxy) is 1. The summed E-state index contributed by atoms with van der Waals surface area (Å²) in [6.45, 7) is 14.9. The summed E-state index contributed by atoms with van der Waals surface area (Å²) in [5.41, 5.74) is 3.75. The average molecular weight is 698 g/mol. The van der Waals surface area contributed by atoms with Crippen LogP contribution in [0.1, 0.15) is 91.7 Å². The number of carboxylic acid groups (broad SMARTS) is 1. The molecule has 13 heteroatoms. The highest BCUT2D eigenvalue weighted by Crippen LogP contribution is 2.47. The molecule has 0 radical (unpaired) electrons. The zero-order valence-electron chi connectivity index (χ0n) is 29.3. The number of carbonyl (C=O) groups is 4. The van der Waals surface area contributed by atoms with Gasteiger partial charge in [0.15, 0.2) is 0 Å². The van der Waals surface area contributed by atoms with E-state index in [1.807, 2.05) is 39.0 Å². The SMILES string of the molecule is CCN1c2cc3c(cc2C(C)=CC1(C)C)/C(=C/C=C1\C(=O)N(CCCCCC(=O)O)C(=O)N(CCCS(=O)(=O)O)C1=O)C=C(C(C)(C)C)O3. The van der Waals surface area contributed by atoms with Crippen molar-refractivity contribution in [2.24, 2.45) is 5.41 Å². The van der Waals surface area contributed by atoms with Gasteiger partial charge in [0.1, 0.15) is 17.1 Å². The van der Waals surface area contributed by atoms with Crippen molar-refractivity contribution >= 4 is 50.8 Å². The van der Waals surface area contributed by atoms with Gasteiger partial charge < -0.3 is 14.7 Å². The summed E-state index contributed by atoms with van der Waals surface area (Å²) in [6, 6.07) is 3.19. The number of hydrogen-bond acceptors (Lipinski definition) is 8. The molecule has 2 N–H and O–H groups in total. The fraction of sp³-hybridized carbons (Fsp3) is 0.500. The molecule has 266 valence electrons. The molecule has 4 rings (SSSR count). The molecule has 0 aromatic heterocycles. The largest absolute Gasteiger partial charge is 0.481 e. The van der Waals surface area contributed by atoms with E-state index in [4.69, 9.17) is 9.84 Å². The molecule has 0 unspecified atom stereocenters. The minimum Gasteiger partial charge on any atom is -0.481 e. The second-order valence-electron chi connectivity index (χ2n) is 14.2. The van der Waals surface area contributed by atoms with Crippen LogP contribution in [0.25, 0.3) is 11.1 Å². The van der Waals surface area contributed by atoms with Gasteiger partial charge >= 0.3 is 12.0 Å². The lowest BCUT2D eigenvalue weighted by molar-refractivity contribution is -0.138. The van der Waals surface area contributed by atoms with E-state index in [0.29, 0.717) is 36.3 Å². The lowest BCUT2D eigenvalue weighted by Crippen LogP contribution is -2.56. The van der Waals surface area contributed by atoms with Crippen LogP contribution in [-0.2, 0) is 24.5 Å². The third-order valence-electron chi connectivity index (χ3n) is 8.85. The molecule has 0 saturated carbocycles. The molecule has 0 spiro atoms. The van der Waals surface area contributed by atoms with Crippen LogP contribution in [0.2, 0.25) is 0 Å². The number of fused-ring (bicyclic) bond motifs is 2. The van der Waals surface area contributed by atoms with Crippen molar-refractivity contribution in [2.45, 2.75) is 86.1 Å². The number of unbranched alkanes of at least 4 members (excludes halogenated alkanes) is 2. The molecule has 1 saturated heterocycles. The fourth-order valence-corrected chi connectivity index (χ4v) is 6.90. The molecule has 4 amide bonds. The molecule has 0 aliphatic carbocycles. The molecule has 3 aliphatic rings. The van der Waals surface area contributed by atoms with Crippen molar-refractivity contribution in [1.82, 2.24) is 9.80 Å². The first-order chi connectivity index (χ1) is 22.7. The predicted molar refractivity (Wildman–Crippen MR) is 187 cm³/mol. The summed E-state index contributed by atoms with van der Waals surface area (Å²) in [5.74, 6) is -1.98. The van der Waals surface area contributed by atoms with Crippen LogP contribution in [0.4, 0.5) is 10.5 Å². The Morgan fingerprint density at radius 1 is 0.959 bits per heavy atom. The number of nitrogens with zero attached hydrogens (tertiary/aromatic N) is 3. The van der Waals surface area contributed by atoms with Gasteiger partial charge in [-0.1, -0.05) is 39.3 Å². The van der Waals surface area contributed by atoms with E-state index in [2.05, 4.69) is 38.7 Å². The third-order valence-corrected chi connectivity index (χ3v) is 9.66. The number of hydrogen-bond donors (Lipinski definition) is 2. The Balaban J connectivity index is 1.78. The molecule has 3 heterocycles. The summed E-state index contributed by atoms with van der Waals surface area (Å²) >= 11 is 0. The highest BCUT2D eigenvalue weighted by atomic mass is 32.2. The van der Waals surface area contributed by atoms with Crippen LogP contribution in [0.3, 0.4) is 0 Å². The minimum atomic E-state index is -4.35. The quantitative estimate of drug-likeness (QED) is 0.114. The van der Waals surface area contributed by atoms with Gasteiger partial charge in [0, 0.05) is 54.4 Å². The number of barbiturate groups is 1. The van der Waals surface area contributed by atoms with Crippen molar-refractivity contribution in [2.75, 3.05) is 30.3 Å². The molecule has 1 aromatic carbocycles. The molecule has 12 nitrogen and oxygen atoms in total. The maximum Gasteiger partial charge on any atom is 0.333 e. The topological polar surface area (TPSA) is 162 Å². The molecular formula is C36H47N3O9S. The van der Waals surface area contributed by atoms with Gasteiger partial charge in [-0.15, -0.1) is 0 Å². The van der Waals surface area contributed by atoms with Crippen LogP contribution in [0.15, 0.2) is 47.8 Å². The fourth-order valence-electron chi connectivity index (χ4n) is 6.41. The lowest BCUT2D eigenvalue weighted by Gasteiger charge is -2.43. The second kappa shape index (κ2) is 14.3. The number of aliphatic carboxylic acids is 1. The number of amides is 4. The van der Waals surface area contributed by atoms with E-state index >= 15 is 0 Å². The van der Waals surface area contributed by atoms with E-state index in [9.17, 15) is 32.1 Å². The number of urea groups is 1. The van der Waals surface area contributed by atoms with Crippen molar-refractivity contribution in [3.8, 4) is 5.75 Å². The number of carboxylic acids is 1. The number of carbonyl (C=O) groups excluding carboxylic acids is 3. The smallest absolute Gasteiger partial charge is 0.333 e. The van der Waals surface area contributed by atoms with Crippen LogP contribution in [-0.4, -0.2) is 82.6 Å².